The lowest BCUT2D eigenvalue weighted by molar-refractivity contribution is -0.914. The molecule has 0 atom stereocenters. The molecular weight excluding hydrogens is 118 g/mol. The first-order valence-corrected chi connectivity index (χ1v) is 2.81. The number of oxazole rings is 1. The molecule has 3 heteroatoms. The highest BCUT2D eigenvalue weighted by atomic mass is 16.5. The van der Waals surface area contributed by atoms with Crippen molar-refractivity contribution in [2.45, 2.75) is 20.8 Å². The molecule has 1 aromatic heterocycles. The number of nitrogens with zero attached hydrogens (tertiary/aromatic N) is 1. The first kappa shape index (κ1) is 6.13. The van der Waals surface area contributed by atoms with E-state index >= 15 is 0 Å². The molecule has 1 N–H and O–H groups in total. The van der Waals surface area contributed by atoms with Gasteiger partial charge in [-0.3, -0.25) is 5.21 Å². The smallest absolute Gasteiger partial charge is 0.393 e. The Hall–Kier alpha value is -0.990. The third-order valence-electron chi connectivity index (χ3n) is 1.43. The van der Waals surface area contributed by atoms with Crippen molar-refractivity contribution in [3.05, 3.63) is 17.3 Å². The summed E-state index contributed by atoms with van der Waals surface area (Å²) in [5.41, 5.74) is 0.757. The molecule has 1 heterocycles. The molecule has 0 saturated heterocycles. The van der Waals surface area contributed by atoms with Crippen molar-refractivity contribution in [2.75, 3.05) is 0 Å². The van der Waals surface area contributed by atoms with E-state index in [0.717, 1.165) is 16.2 Å². The summed E-state index contributed by atoms with van der Waals surface area (Å²) < 4.78 is 6.09. The van der Waals surface area contributed by atoms with Crippen LogP contribution >= 0.6 is 0 Å². The molecule has 1 aromatic rings. The van der Waals surface area contributed by atoms with Crippen molar-refractivity contribution in [3.63, 3.8) is 0 Å². The van der Waals surface area contributed by atoms with Gasteiger partial charge in [0.2, 0.25) is 0 Å². The lowest BCUT2D eigenvalue weighted by atomic mass is 10.4. The molecule has 3 nitrogen and oxygen atoms in total. The second-order valence-corrected chi connectivity index (χ2v) is 2.07. The van der Waals surface area contributed by atoms with Crippen LogP contribution in [0.25, 0.3) is 0 Å². The van der Waals surface area contributed by atoms with E-state index in [0.29, 0.717) is 5.89 Å². The lowest BCUT2D eigenvalue weighted by Gasteiger charge is -1.75. The monoisotopic (exact) mass is 128 g/mol. The van der Waals surface area contributed by atoms with Crippen LogP contribution in [0.4, 0.5) is 0 Å². The van der Waals surface area contributed by atoms with E-state index in [9.17, 15) is 0 Å². The quantitative estimate of drug-likeness (QED) is 0.413. The summed E-state index contributed by atoms with van der Waals surface area (Å²) in [5.74, 6) is 1.28. The van der Waals surface area contributed by atoms with Crippen LogP contribution in [0.5, 0.6) is 0 Å². The van der Waals surface area contributed by atoms with Gasteiger partial charge in [-0.1, -0.05) is 0 Å². The van der Waals surface area contributed by atoms with Gasteiger partial charge in [0.15, 0.2) is 5.76 Å². The molecule has 0 bridgehead atoms. The minimum Gasteiger partial charge on any atom is -0.404 e. The van der Waals surface area contributed by atoms with Crippen molar-refractivity contribution in [1.29, 1.82) is 0 Å². The Kier molecular flexibility index (Phi) is 1.20. The van der Waals surface area contributed by atoms with E-state index in [-0.39, 0.29) is 0 Å². The van der Waals surface area contributed by atoms with Crippen molar-refractivity contribution in [2.24, 2.45) is 0 Å². The van der Waals surface area contributed by atoms with Gasteiger partial charge in [0.05, 0.1) is 6.92 Å². The normalized spacial score (nSPS) is 10.1. The van der Waals surface area contributed by atoms with Gasteiger partial charge in [-0.15, -0.1) is 0 Å². The van der Waals surface area contributed by atoms with Crippen LogP contribution in [-0.2, 0) is 0 Å². The van der Waals surface area contributed by atoms with Gasteiger partial charge in [0, 0.05) is 18.6 Å². The fourth-order valence-corrected chi connectivity index (χ4v) is 0.724. The fraction of sp³-hybridized carbons (Fsp3) is 0.500. The Morgan fingerprint density at radius 2 is 1.89 bits per heavy atom. The van der Waals surface area contributed by atoms with E-state index in [1.165, 1.54) is 0 Å². The molecule has 0 aliphatic carbocycles. The summed E-state index contributed by atoms with van der Waals surface area (Å²) in [4.78, 5) is 0. The molecule has 0 radical (unpaired) electrons. The first-order chi connectivity index (χ1) is 4.13. The van der Waals surface area contributed by atoms with Crippen LogP contribution in [0.2, 0.25) is 0 Å². The standard InChI is InChI=1S/C6H10NO2/c1-4-5(2)9-6(3)7(4)8/h8H,1-3H3/q+1. The molecule has 0 aliphatic rings. The van der Waals surface area contributed by atoms with Gasteiger partial charge in [-0.25, -0.2) is 0 Å². The zero-order chi connectivity index (χ0) is 7.02. The first-order valence-electron chi connectivity index (χ1n) is 2.81. The summed E-state index contributed by atoms with van der Waals surface area (Å²) in [6.07, 6.45) is 0. The highest BCUT2D eigenvalue weighted by Gasteiger charge is 2.17. The summed E-state index contributed by atoms with van der Waals surface area (Å²) in [5, 5.41) is 9.05. The number of hydrogen-bond donors (Lipinski definition) is 1. The zero-order valence-electron chi connectivity index (χ0n) is 5.80. The van der Waals surface area contributed by atoms with Crippen LogP contribution in [0, 0.1) is 20.8 Å². The molecule has 9 heavy (non-hydrogen) atoms. The highest BCUT2D eigenvalue weighted by Crippen LogP contribution is 2.02. The predicted octanol–water partition coefficient (Wildman–Crippen LogP) is 0.730. The molecule has 50 valence electrons. The number of rotatable bonds is 0. The summed E-state index contributed by atoms with van der Waals surface area (Å²) in [6.45, 7) is 5.32. The Bertz CT molecular complexity index is 205. The summed E-state index contributed by atoms with van der Waals surface area (Å²) in [7, 11) is 0. The number of aromatic nitrogens is 1. The molecule has 0 aliphatic heterocycles. The molecule has 0 amide bonds. The molecule has 0 aromatic carbocycles. The van der Waals surface area contributed by atoms with Crippen molar-refractivity contribution in [3.8, 4) is 0 Å². The van der Waals surface area contributed by atoms with Gasteiger partial charge in [-0.05, 0) is 0 Å². The van der Waals surface area contributed by atoms with E-state index in [1.807, 2.05) is 6.92 Å². The van der Waals surface area contributed by atoms with Gasteiger partial charge in [-0.2, -0.15) is 0 Å². The minimum atomic E-state index is 0.519. The SMILES string of the molecule is Cc1oc(C)[n+](O)c1C. The zero-order valence-corrected chi connectivity index (χ0v) is 5.80. The van der Waals surface area contributed by atoms with Crippen LogP contribution in [0.15, 0.2) is 4.42 Å². The van der Waals surface area contributed by atoms with Crippen LogP contribution < -0.4 is 4.73 Å². The van der Waals surface area contributed by atoms with Gasteiger partial charge >= 0.3 is 5.89 Å². The predicted molar refractivity (Wildman–Crippen MR) is 30.3 cm³/mol. The summed E-state index contributed by atoms with van der Waals surface area (Å²) >= 11 is 0. The number of hydrogen-bond acceptors (Lipinski definition) is 2. The van der Waals surface area contributed by atoms with Crippen LogP contribution in [0.3, 0.4) is 0 Å². The topological polar surface area (TPSA) is 37.2 Å². The lowest BCUT2D eigenvalue weighted by Crippen LogP contribution is -2.33. The maximum Gasteiger partial charge on any atom is 0.393 e. The Morgan fingerprint density at radius 1 is 1.33 bits per heavy atom. The van der Waals surface area contributed by atoms with E-state index in [4.69, 9.17) is 9.62 Å². The maximum absolute atomic E-state index is 9.05. The van der Waals surface area contributed by atoms with Crippen molar-refractivity contribution in [1.82, 2.24) is 0 Å². The van der Waals surface area contributed by atoms with Crippen LogP contribution in [-0.4, -0.2) is 5.21 Å². The summed E-state index contributed by atoms with van der Waals surface area (Å²) in [6, 6.07) is 0. The average Bonchev–Trinajstić information content (AvgIpc) is 1.98. The van der Waals surface area contributed by atoms with Gasteiger partial charge in [0.25, 0.3) is 5.69 Å². The van der Waals surface area contributed by atoms with Crippen LogP contribution in [0.1, 0.15) is 17.3 Å². The molecule has 0 spiro atoms. The fourth-order valence-electron chi connectivity index (χ4n) is 0.724. The van der Waals surface area contributed by atoms with E-state index in [1.54, 1.807) is 13.8 Å². The molecular formula is C6H10NO2+. The minimum absolute atomic E-state index is 0.519. The Balaban J connectivity index is 3.29. The Morgan fingerprint density at radius 3 is 2.00 bits per heavy atom. The third-order valence-corrected chi connectivity index (χ3v) is 1.43. The second-order valence-electron chi connectivity index (χ2n) is 2.07. The van der Waals surface area contributed by atoms with Crippen molar-refractivity contribution < 1.29 is 14.4 Å². The van der Waals surface area contributed by atoms with Gasteiger partial charge in [0.1, 0.15) is 0 Å². The molecule has 0 saturated carbocycles. The highest BCUT2D eigenvalue weighted by molar-refractivity contribution is 4.96. The van der Waals surface area contributed by atoms with Crippen molar-refractivity contribution >= 4 is 0 Å². The maximum atomic E-state index is 9.05. The molecule has 0 unspecified atom stereocenters. The van der Waals surface area contributed by atoms with E-state index in [2.05, 4.69) is 0 Å². The molecule has 1 rings (SSSR count). The third kappa shape index (κ3) is 0.781. The molecule has 0 fully saturated rings. The van der Waals surface area contributed by atoms with E-state index < -0.39 is 0 Å². The average molecular weight is 128 g/mol. The largest absolute Gasteiger partial charge is 0.404 e. The second kappa shape index (κ2) is 1.76. The van der Waals surface area contributed by atoms with Gasteiger partial charge < -0.3 is 4.42 Å². The number of aryl methyl sites for hydroxylation is 2. The Labute approximate surface area is 53.5 Å².